The Labute approximate surface area is 213 Å². The number of benzene rings is 2. The fourth-order valence-corrected chi connectivity index (χ4v) is 7.06. The van der Waals surface area contributed by atoms with Crippen molar-refractivity contribution in [2.75, 3.05) is 18.0 Å². The molecule has 5 nitrogen and oxygen atoms in total. The number of halogens is 2. The molecule has 0 bridgehead atoms. The first-order valence-corrected chi connectivity index (χ1v) is 13.1. The summed E-state index contributed by atoms with van der Waals surface area (Å²) < 4.78 is 1.95. The molecule has 3 heterocycles. The Hall–Kier alpha value is -2.25. The number of hydrogen-bond acceptors (Lipinski definition) is 5. The van der Waals surface area contributed by atoms with Gasteiger partial charge in [-0.15, -0.1) is 0 Å². The van der Waals surface area contributed by atoms with Gasteiger partial charge in [0.2, 0.25) is 0 Å². The molecule has 2 aromatic heterocycles. The van der Waals surface area contributed by atoms with Crippen molar-refractivity contribution in [1.29, 1.82) is 0 Å². The van der Waals surface area contributed by atoms with E-state index in [1.807, 2.05) is 16.6 Å². The number of rotatable bonds is 3. The minimum Gasteiger partial charge on any atom is -0.356 e. The highest BCUT2D eigenvalue weighted by atomic mass is 35.5. The molecule has 2 aromatic carbocycles. The highest BCUT2D eigenvalue weighted by Gasteiger charge is 2.46. The summed E-state index contributed by atoms with van der Waals surface area (Å²) in [7, 11) is 0. The molecule has 1 fully saturated rings. The van der Waals surface area contributed by atoms with Crippen LogP contribution in [0.4, 0.5) is 5.82 Å². The standard InChI is InChI=1S/C26H25Cl2N5S/c1-16-13-21(32-11-9-26(10-12-32)14-17-5-2-3-6-18(17)24(26)29)33-25(30-15-31-33)23(16)34-20-8-4-7-19(27)22(20)28/h2-8,13,15,24H,9-12,14,29H2,1H3. The summed E-state index contributed by atoms with van der Waals surface area (Å²) in [5.41, 5.74) is 11.7. The molecule has 1 saturated heterocycles. The van der Waals surface area contributed by atoms with Gasteiger partial charge < -0.3 is 10.6 Å². The van der Waals surface area contributed by atoms with Gasteiger partial charge in [-0.1, -0.05) is 65.3 Å². The van der Waals surface area contributed by atoms with Gasteiger partial charge in [0.25, 0.3) is 0 Å². The topological polar surface area (TPSA) is 59.5 Å². The van der Waals surface area contributed by atoms with Gasteiger partial charge in [0.15, 0.2) is 5.65 Å². The van der Waals surface area contributed by atoms with Crippen molar-refractivity contribution in [1.82, 2.24) is 14.6 Å². The van der Waals surface area contributed by atoms with Crippen LogP contribution in [0.2, 0.25) is 10.0 Å². The molecule has 6 rings (SSSR count). The number of piperidine rings is 1. The Bertz CT molecular complexity index is 1390. The minimum atomic E-state index is 0.111. The second-order valence-corrected chi connectivity index (χ2v) is 11.2. The van der Waals surface area contributed by atoms with Crippen molar-refractivity contribution in [3.05, 3.63) is 81.6 Å². The zero-order chi connectivity index (χ0) is 23.4. The van der Waals surface area contributed by atoms with Gasteiger partial charge in [-0.05, 0) is 66.5 Å². The van der Waals surface area contributed by atoms with Crippen LogP contribution in [0.15, 0.2) is 64.6 Å². The molecule has 1 spiro atoms. The van der Waals surface area contributed by atoms with Crippen molar-refractivity contribution in [2.24, 2.45) is 11.1 Å². The summed E-state index contributed by atoms with van der Waals surface area (Å²) in [4.78, 5) is 8.97. The van der Waals surface area contributed by atoms with Gasteiger partial charge in [-0.3, -0.25) is 0 Å². The molecular formula is C26H25Cl2N5S. The number of aryl methyl sites for hydroxylation is 1. The number of anilines is 1. The van der Waals surface area contributed by atoms with Gasteiger partial charge in [0.05, 0.1) is 14.9 Å². The van der Waals surface area contributed by atoms with Gasteiger partial charge in [0, 0.05) is 24.0 Å². The molecule has 1 atom stereocenters. The lowest BCUT2D eigenvalue weighted by Gasteiger charge is -2.43. The van der Waals surface area contributed by atoms with Crippen LogP contribution in [-0.2, 0) is 6.42 Å². The van der Waals surface area contributed by atoms with Crippen molar-refractivity contribution in [3.63, 3.8) is 0 Å². The number of hydrogen-bond donors (Lipinski definition) is 1. The molecule has 0 radical (unpaired) electrons. The molecule has 0 amide bonds. The lowest BCUT2D eigenvalue weighted by atomic mass is 9.73. The first-order valence-electron chi connectivity index (χ1n) is 11.5. The van der Waals surface area contributed by atoms with Crippen LogP contribution in [0.25, 0.3) is 5.65 Å². The summed E-state index contributed by atoms with van der Waals surface area (Å²) >= 11 is 14.3. The SMILES string of the molecule is Cc1cc(N2CCC3(CC2)Cc2ccccc2C3N)n2ncnc2c1Sc1cccc(Cl)c1Cl. The number of nitrogens with zero attached hydrogens (tertiary/aromatic N) is 4. The Morgan fingerprint density at radius 1 is 1.09 bits per heavy atom. The van der Waals surface area contributed by atoms with Crippen molar-refractivity contribution in [3.8, 4) is 0 Å². The average molecular weight is 510 g/mol. The van der Waals surface area contributed by atoms with Crippen LogP contribution >= 0.6 is 35.0 Å². The zero-order valence-corrected chi connectivity index (χ0v) is 21.2. The maximum atomic E-state index is 6.79. The fraction of sp³-hybridized carbons (Fsp3) is 0.308. The highest BCUT2D eigenvalue weighted by Crippen LogP contribution is 2.51. The molecule has 1 aliphatic carbocycles. The first-order chi connectivity index (χ1) is 16.5. The molecule has 0 saturated carbocycles. The quantitative estimate of drug-likeness (QED) is 0.349. The summed E-state index contributed by atoms with van der Waals surface area (Å²) in [6, 6.07) is 16.7. The van der Waals surface area contributed by atoms with Crippen LogP contribution in [0.1, 0.15) is 35.6 Å². The third-order valence-electron chi connectivity index (χ3n) is 7.48. The average Bonchev–Trinajstić information content (AvgIpc) is 3.43. The molecule has 2 N–H and O–H groups in total. The van der Waals surface area contributed by atoms with Crippen LogP contribution in [0, 0.1) is 12.3 Å². The minimum absolute atomic E-state index is 0.111. The normalized spacial score (nSPS) is 19.2. The van der Waals surface area contributed by atoms with E-state index in [9.17, 15) is 0 Å². The van der Waals surface area contributed by atoms with E-state index in [1.54, 1.807) is 24.2 Å². The molecule has 34 heavy (non-hydrogen) atoms. The van der Waals surface area contributed by atoms with E-state index in [0.29, 0.717) is 10.0 Å². The van der Waals surface area contributed by atoms with Crippen LogP contribution in [-0.4, -0.2) is 27.7 Å². The molecule has 4 aromatic rings. The molecule has 1 unspecified atom stereocenters. The third-order valence-corrected chi connectivity index (χ3v) is 9.68. The number of fused-ring (bicyclic) bond motifs is 2. The van der Waals surface area contributed by atoms with Gasteiger partial charge >= 0.3 is 0 Å². The molecule has 8 heteroatoms. The highest BCUT2D eigenvalue weighted by molar-refractivity contribution is 7.99. The summed E-state index contributed by atoms with van der Waals surface area (Å²) in [6.45, 7) is 4.01. The van der Waals surface area contributed by atoms with Gasteiger partial charge in [0.1, 0.15) is 12.1 Å². The second-order valence-electron chi connectivity index (χ2n) is 9.37. The predicted molar refractivity (Wildman–Crippen MR) is 139 cm³/mol. The fourth-order valence-electron chi connectivity index (χ4n) is 5.57. The summed E-state index contributed by atoms with van der Waals surface area (Å²) in [5.74, 6) is 1.07. The smallest absolute Gasteiger partial charge is 0.171 e. The van der Waals surface area contributed by atoms with E-state index in [1.165, 1.54) is 11.1 Å². The Morgan fingerprint density at radius 3 is 2.68 bits per heavy atom. The molecular weight excluding hydrogens is 485 g/mol. The maximum absolute atomic E-state index is 6.79. The van der Waals surface area contributed by atoms with Crippen LogP contribution < -0.4 is 10.6 Å². The number of aromatic nitrogens is 3. The van der Waals surface area contributed by atoms with Gasteiger partial charge in [-0.25, -0.2) is 4.98 Å². The summed E-state index contributed by atoms with van der Waals surface area (Å²) in [6.07, 6.45) is 4.82. The Kier molecular flexibility index (Phi) is 5.52. The van der Waals surface area contributed by atoms with Crippen molar-refractivity contribution >= 4 is 46.4 Å². The number of nitrogens with two attached hydrogens (primary N) is 1. The Morgan fingerprint density at radius 2 is 1.88 bits per heavy atom. The summed E-state index contributed by atoms with van der Waals surface area (Å²) in [5, 5.41) is 5.69. The molecule has 1 aliphatic heterocycles. The molecule has 2 aliphatic rings. The third kappa shape index (κ3) is 3.51. The first kappa shape index (κ1) is 22.2. The number of pyridine rings is 1. The lowest BCUT2D eigenvalue weighted by molar-refractivity contribution is 0.187. The van der Waals surface area contributed by atoms with E-state index >= 15 is 0 Å². The van der Waals surface area contributed by atoms with Crippen LogP contribution in [0.5, 0.6) is 0 Å². The van der Waals surface area contributed by atoms with Crippen molar-refractivity contribution < 1.29 is 0 Å². The predicted octanol–water partition coefficient (Wildman–Crippen LogP) is 6.34. The zero-order valence-electron chi connectivity index (χ0n) is 18.8. The van der Waals surface area contributed by atoms with E-state index in [0.717, 1.165) is 59.2 Å². The Balaban J connectivity index is 1.29. The monoisotopic (exact) mass is 509 g/mol. The largest absolute Gasteiger partial charge is 0.356 e. The lowest BCUT2D eigenvalue weighted by Crippen LogP contribution is -2.45. The van der Waals surface area contributed by atoms with E-state index < -0.39 is 0 Å². The van der Waals surface area contributed by atoms with Crippen LogP contribution in [0.3, 0.4) is 0 Å². The van der Waals surface area contributed by atoms with E-state index in [4.69, 9.17) is 28.9 Å². The van der Waals surface area contributed by atoms with Crippen molar-refractivity contribution in [2.45, 2.75) is 42.0 Å². The molecule has 174 valence electrons. The van der Waals surface area contributed by atoms with E-state index in [2.05, 4.69) is 52.2 Å². The second kappa shape index (κ2) is 8.45. The maximum Gasteiger partial charge on any atom is 0.171 e. The van der Waals surface area contributed by atoms with Gasteiger partial charge in [-0.2, -0.15) is 9.61 Å². The van der Waals surface area contributed by atoms with E-state index in [-0.39, 0.29) is 11.5 Å².